The van der Waals surface area contributed by atoms with Gasteiger partial charge in [-0.3, -0.25) is 14.2 Å². The number of rotatable bonds is 5. The third-order valence-electron chi connectivity index (χ3n) is 5.66. The second-order valence-corrected chi connectivity index (χ2v) is 9.71. The third kappa shape index (κ3) is 3.58. The molecule has 160 valence electrons. The topological polar surface area (TPSA) is 73.1 Å². The molecule has 0 fully saturated rings. The van der Waals surface area contributed by atoms with Gasteiger partial charge in [0.2, 0.25) is 0 Å². The standard InChI is InChI=1S/C23H29N3O3S/c1-14(2)21-20(23(27)26(25(21)7)19-11-9-8-10-12-19)24-30(28,29)22-17(5)15(3)13-16(4)18(22)6/h8-14,24H,1-7H3. The minimum atomic E-state index is -3.96. The predicted octanol–water partition coefficient (Wildman–Crippen LogP) is 4.33. The van der Waals surface area contributed by atoms with Gasteiger partial charge in [0.05, 0.1) is 16.3 Å². The van der Waals surface area contributed by atoms with Crippen molar-refractivity contribution in [1.29, 1.82) is 0 Å². The first-order valence-electron chi connectivity index (χ1n) is 9.95. The van der Waals surface area contributed by atoms with Gasteiger partial charge in [-0.1, -0.05) is 38.1 Å². The van der Waals surface area contributed by atoms with E-state index in [0.29, 0.717) is 22.5 Å². The van der Waals surface area contributed by atoms with Crippen molar-refractivity contribution in [2.75, 3.05) is 4.72 Å². The summed E-state index contributed by atoms with van der Waals surface area (Å²) in [5, 5.41) is 0. The van der Waals surface area contributed by atoms with E-state index in [2.05, 4.69) is 4.72 Å². The molecule has 30 heavy (non-hydrogen) atoms. The molecule has 7 heteroatoms. The van der Waals surface area contributed by atoms with E-state index >= 15 is 0 Å². The molecule has 3 aromatic rings. The van der Waals surface area contributed by atoms with Crippen molar-refractivity contribution >= 4 is 15.7 Å². The van der Waals surface area contributed by atoms with E-state index in [0.717, 1.165) is 11.1 Å². The number of aromatic nitrogens is 2. The van der Waals surface area contributed by atoms with Crippen molar-refractivity contribution in [1.82, 2.24) is 9.36 Å². The fourth-order valence-electron chi connectivity index (χ4n) is 4.01. The van der Waals surface area contributed by atoms with Gasteiger partial charge >= 0.3 is 0 Å². The van der Waals surface area contributed by atoms with Crippen LogP contribution in [-0.4, -0.2) is 17.8 Å². The van der Waals surface area contributed by atoms with Crippen molar-refractivity contribution in [3.05, 3.63) is 74.7 Å². The summed E-state index contributed by atoms with van der Waals surface area (Å²) in [5.74, 6) is -0.0631. The molecule has 1 N–H and O–H groups in total. The van der Waals surface area contributed by atoms with Crippen LogP contribution in [0, 0.1) is 27.7 Å². The van der Waals surface area contributed by atoms with Gasteiger partial charge in [0.25, 0.3) is 15.6 Å². The van der Waals surface area contributed by atoms with Crippen LogP contribution in [0.3, 0.4) is 0 Å². The normalized spacial score (nSPS) is 11.9. The van der Waals surface area contributed by atoms with E-state index in [1.165, 1.54) is 4.68 Å². The number of hydrogen-bond acceptors (Lipinski definition) is 3. The summed E-state index contributed by atoms with van der Waals surface area (Å²) in [6.07, 6.45) is 0. The maximum absolute atomic E-state index is 13.5. The third-order valence-corrected chi connectivity index (χ3v) is 7.28. The minimum Gasteiger partial charge on any atom is -0.283 e. The Kier molecular flexibility index (Phi) is 5.69. The first kappa shape index (κ1) is 21.9. The highest BCUT2D eigenvalue weighted by molar-refractivity contribution is 7.92. The molecule has 0 spiro atoms. The van der Waals surface area contributed by atoms with E-state index in [1.54, 1.807) is 25.6 Å². The quantitative estimate of drug-likeness (QED) is 0.658. The Labute approximate surface area is 178 Å². The van der Waals surface area contributed by atoms with E-state index in [1.807, 2.05) is 64.1 Å². The summed E-state index contributed by atoms with van der Waals surface area (Å²) in [5.41, 5.74) is 4.19. The number of benzene rings is 2. The second-order valence-electron chi connectivity index (χ2n) is 8.09. The van der Waals surface area contributed by atoms with Gasteiger partial charge in [0.15, 0.2) is 0 Å². The van der Waals surface area contributed by atoms with Crippen LogP contribution in [-0.2, 0) is 17.1 Å². The second kappa shape index (κ2) is 7.80. The smallest absolute Gasteiger partial charge is 0.283 e. The zero-order valence-electron chi connectivity index (χ0n) is 18.6. The van der Waals surface area contributed by atoms with E-state index in [4.69, 9.17) is 0 Å². The highest BCUT2D eigenvalue weighted by atomic mass is 32.2. The number of aryl methyl sites for hydroxylation is 2. The van der Waals surface area contributed by atoms with E-state index in [9.17, 15) is 13.2 Å². The van der Waals surface area contributed by atoms with Crippen LogP contribution in [0.4, 0.5) is 5.69 Å². The van der Waals surface area contributed by atoms with Crippen LogP contribution in [0.15, 0.2) is 46.1 Å². The van der Waals surface area contributed by atoms with Crippen LogP contribution in [0.5, 0.6) is 0 Å². The van der Waals surface area contributed by atoms with Gasteiger partial charge in [-0.25, -0.2) is 13.1 Å². The Bertz CT molecular complexity index is 1240. The molecule has 2 aromatic carbocycles. The maximum Gasteiger partial charge on any atom is 0.296 e. The summed E-state index contributed by atoms with van der Waals surface area (Å²) in [4.78, 5) is 13.6. The molecule has 0 aliphatic rings. The molecule has 0 saturated heterocycles. The Hall–Kier alpha value is -2.80. The van der Waals surface area contributed by atoms with Crippen LogP contribution in [0.2, 0.25) is 0 Å². The summed E-state index contributed by atoms with van der Waals surface area (Å²) in [6, 6.07) is 11.2. The monoisotopic (exact) mass is 427 g/mol. The maximum atomic E-state index is 13.5. The fraction of sp³-hybridized carbons (Fsp3) is 0.348. The molecular weight excluding hydrogens is 398 g/mol. The van der Waals surface area contributed by atoms with Gasteiger partial charge < -0.3 is 0 Å². The highest BCUT2D eigenvalue weighted by Crippen LogP contribution is 2.30. The first-order chi connectivity index (χ1) is 14.0. The molecule has 0 atom stereocenters. The molecule has 0 saturated carbocycles. The van der Waals surface area contributed by atoms with Crippen molar-refractivity contribution in [2.45, 2.75) is 52.4 Å². The van der Waals surface area contributed by atoms with Crippen molar-refractivity contribution in [3.8, 4) is 5.69 Å². The fourth-order valence-corrected chi connectivity index (χ4v) is 5.70. The summed E-state index contributed by atoms with van der Waals surface area (Å²) in [6.45, 7) is 11.3. The lowest BCUT2D eigenvalue weighted by Gasteiger charge is -2.17. The van der Waals surface area contributed by atoms with Crippen LogP contribution in [0.25, 0.3) is 5.69 Å². The first-order valence-corrected chi connectivity index (χ1v) is 11.4. The highest BCUT2D eigenvalue weighted by Gasteiger charge is 2.28. The average molecular weight is 428 g/mol. The van der Waals surface area contributed by atoms with Crippen molar-refractivity contribution in [2.24, 2.45) is 7.05 Å². The molecule has 0 unspecified atom stereocenters. The lowest BCUT2D eigenvalue weighted by molar-refractivity contribution is 0.594. The molecule has 0 amide bonds. The Balaban J connectivity index is 2.25. The largest absolute Gasteiger partial charge is 0.296 e. The lowest BCUT2D eigenvalue weighted by atomic mass is 10.0. The van der Waals surface area contributed by atoms with Gasteiger partial charge in [-0.2, -0.15) is 0 Å². The number of nitrogens with one attached hydrogen (secondary N) is 1. The number of para-hydroxylation sites is 1. The molecule has 0 aliphatic carbocycles. The zero-order valence-corrected chi connectivity index (χ0v) is 19.4. The molecule has 3 rings (SSSR count). The molecule has 0 radical (unpaired) electrons. The van der Waals surface area contributed by atoms with Gasteiger partial charge in [-0.15, -0.1) is 0 Å². The van der Waals surface area contributed by atoms with Crippen LogP contribution >= 0.6 is 0 Å². The Morgan fingerprint density at radius 3 is 1.97 bits per heavy atom. The Morgan fingerprint density at radius 2 is 1.47 bits per heavy atom. The van der Waals surface area contributed by atoms with Crippen molar-refractivity contribution < 1.29 is 8.42 Å². The van der Waals surface area contributed by atoms with E-state index in [-0.39, 0.29) is 16.5 Å². The number of nitrogens with zero attached hydrogens (tertiary/aromatic N) is 2. The number of anilines is 1. The van der Waals surface area contributed by atoms with Crippen LogP contribution < -0.4 is 10.3 Å². The van der Waals surface area contributed by atoms with Crippen molar-refractivity contribution in [3.63, 3.8) is 0 Å². The molecule has 0 aliphatic heterocycles. The summed E-state index contributed by atoms with van der Waals surface area (Å²) in [7, 11) is -2.19. The molecule has 1 aromatic heterocycles. The summed E-state index contributed by atoms with van der Waals surface area (Å²) >= 11 is 0. The SMILES string of the molecule is Cc1cc(C)c(C)c(S(=O)(=O)Nc2c(C(C)C)n(C)n(-c3ccccc3)c2=O)c1C. The average Bonchev–Trinajstić information content (AvgIpc) is 2.90. The predicted molar refractivity (Wildman–Crippen MR) is 121 cm³/mol. The minimum absolute atomic E-state index is 0.0631. The molecule has 6 nitrogen and oxygen atoms in total. The number of hydrogen-bond donors (Lipinski definition) is 1. The van der Waals surface area contributed by atoms with Gasteiger partial charge in [0, 0.05) is 7.05 Å². The van der Waals surface area contributed by atoms with E-state index < -0.39 is 15.6 Å². The lowest BCUT2D eigenvalue weighted by Crippen LogP contribution is -2.24. The van der Waals surface area contributed by atoms with Crippen LogP contribution in [0.1, 0.15) is 47.7 Å². The zero-order chi connectivity index (χ0) is 22.4. The molecular formula is C23H29N3O3S. The van der Waals surface area contributed by atoms with Gasteiger partial charge in [-0.05, 0) is 68.0 Å². The Morgan fingerprint density at radius 1 is 0.933 bits per heavy atom. The molecule has 1 heterocycles. The summed E-state index contributed by atoms with van der Waals surface area (Å²) < 4.78 is 32.8. The number of sulfonamides is 1. The molecule has 0 bridgehead atoms. The van der Waals surface area contributed by atoms with Gasteiger partial charge in [0.1, 0.15) is 5.69 Å².